The molecule has 3 heterocycles. The van der Waals surface area contributed by atoms with Crippen LogP contribution in [0.1, 0.15) is 40.0 Å². The number of rotatable bonds is 8. The molecule has 6 heteroatoms. The fraction of sp³-hybridized carbons (Fsp3) is 0.0690. The summed E-state index contributed by atoms with van der Waals surface area (Å²) in [5.41, 5.74) is 6.28. The molecular weight excluding hydrogens is 964 g/mol. The Kier molecular flexibility index (Phi) is 8.03. The van der Waals surface area contributed by atoms with Gasteiger partial charge in [-0.3, -0.25) is 4.57 Å². The topological polar surface area (TPSA) is 35.9 Å². The molecule has 8 aromatic carbocycles. The summed E-state index contributed by atoms with van der Waals surface area (Å²) in [6.45, 7) is 6.51. The van der Waals surface area contributed by atoms with Crippen molar-refractivity contribution in [3.8, 4) is 62.1 Å². The number of benzene rings is 8. The van der Waals surface area contributed by atoms with Crippen LogP contribution in [-0.2, 0) is 26.5 Å². The van der Waals surface area contributed by atoms with Gasteiger partial charge in [-0.25, -0.2) is 4.98 Å². The van der Waals surface area contributed by atoms with E-state index < -0.39 is 60.4 Å². The zero-order valence-corrected chi connectivity index (χ0v) is 37.1. The molecule has 3 aromatic heterocycles. The van der Waals surface area contributed by atoms with Crippen molar-refractivity contribution >= 4 is 32.8 Å². The van der Waals surface area contributed by atoms with Gasteiger partial charge >= 0.3 is 0 Å². The third kappa shape index (κ3) is 7.42. The van der Waals surface area contributed by atoms with Gasteiger partial charge in [0.25, 0.3) is 6.33 Å². The summed E-state index contributed by atoms with van der Waals surface area (Å²) in [6, 6.07) is 43.6. The molecule has 312 valence electrons. The predicted molar refractivity (Wildman–Crippen MR) is 255 cm³/mol. The molecule has 0 saturated carbocycles. The van der Waals surface area contributed by atoms with Crippen LogP contribution in [0, 0.1) is 18.5 Å². The van der Waals surface area contributed by atoms with Gasteiger partial charge in [-0.15, -0.1) is 29.7 Å². The van der Waals surface area contributed by atoms with Gasteiger partial charge in [-0.2, -0.15) is 18.2 Å². The first-order chi connectivity index (χ1) is 35.0. The molecule has 0 aliphatic carbocycles. The first kappa shape index (κ1) is 30.7. The van der Waals surface area contributed by atoms with Crippen molar-refractivity contribution in [3.63, 3.8) is 0 Å². The fourth-order valence-electron chi connectivity index (χ4n) is 8.14. The first-order valence-corrected chi connectivity index (χ1v) is 20.5. The standard InChI is InChI=1S/C58H42N4O.Pt/c1-58(2,3)44-33-34-59-56(36-44)62-52-28-14-13-25-50(52)51-31-30-47(38-54(51)62)63-46-24-15-23-45(37-46)60-39-61(53-32-29-43(35-55(53)60)40-17-7-4-8-18-40)57-48(41-19-9-5-10-20-41)26-16-27-49(57)42-21-11-6-12-22-42;/h4-36H,1-3H3;/q-2;/i5D,6D,9D,10D,11D,12D,19D,20D,21D,22D;. The van der Waals surface area contributed by atoms with E-state index in [1.54, 1.807) is 33.4 Å². The summed E-state index contributed by atoms with van der Waals surface area (Å²) in [5, 5.41) is 2.01. The summed E-state index contributed by atoms with van der Waals surface area (Å²) < 4.78 is 99.9. The van der Waals surface area contributed by atoms with Gasteiger partial charge in [-0.05, 0) is 79.7 Å². The van der Waals surface area contributed by atoms with Gasteiger partial charge in [0.2, 0.25) is 0 Å². The fourth-order valence-corrected chi connectivity index (χ4v) is 8.14. The molecule has 64 heavy (non-hydrogen) atoms. The molecule has 0 spiro atoms. The van der Waals surface area contributed by atoms with Crippen LogP contribution in [0.25, 0.3) is 83.4 Å². The Bertz CT molecular complexity index is 3930. The van der Waals surface area contributed by atoms with Crippen LogP contribution in [0.5, 0.6) is 11.5 Å². The number of aromatic nitrogens is 4. The summed E-state index contributed by atoms with van der Waals surface area (Å²) in [5.74, 6) is 1.53. The maximum Gasteiger partial charge on any atom is 0.268 e. The van der Waals surface area contributed by atoms with Crippen LogP contribution >= 0.6 is 0 Å². The van der Waals surface area contributed by atoms with Crippen LogP contribution in [0.2, 0.25) is 0 Å². The smallest absolute Gasteiger partial charge is 0.268 e. The van der Waals surface area contributed by atoms with E-state index in [0.29, 0.717) is 28.2 Å². The molecule has 0 fully saturated rings. The van der Waals surface area contributed by atoms with Gasteiger partial charge in [0.15, 0.2) is 0 Å². The third-order valence-corrected chi connectivity index (χ3v) is 11.2. The Morgan fingerprint density at radius 2 is 1.28 bits per heavy atom. The van der Waals surface area contributed by atoms with E-state index in [4.69, 9.17) is 23.4 Å². The predicted octanol–water partition coefficient (Wildman–Crippen LogP) is 13.9. The molecule has 11 rings (SSSR count). The second-order valence-corrected chi connectivity index (χ2v) is 16.1. The van der Waals surface area contributed by atoms with Crippen LogP contribution in [0.15, 0.2) is 200 Å². The minimum Gasteiger partial charge on any atom is -0.510 e. The number of hydrogen-bond donors (Lipinski definition) is 0. The zero-order chi connectivity index (χ0) is 51.2. The van der Waals surface area contributed by atoms with Crippen molar-refractivity contribution < 1.29 is 44.1 Å². The van der Waals surface area contributed by atoms with E-state index >= 15 is 0 Å². The second-order valence-electron chi connectivity index (χ2n) is 16.1. The molecule has 0 saturated heterocycles. The summed E-state index contributed by atoms with van der Waals surface area (Å²) in [4.78, 5) is 4.82. The summed E-state index contributed by atoms with van der Waals surface area (Å²) in [7, 11) is 0. The first-order valence-electron chi connectivity index (χ1n) is 25.5. The molecule has 0 unspecified atom stereocenters. The molecule has 0 aliphatic heterocycles. The molecule has 0 radical (unpaired) electrons. The van der Waals surface area contributed by atoms with Gasteiger partial charge in [0.1, 0.15) is 5.82 Å². The molecule has 0 aliphatic rings. The normalized spacial score (nSPS) is 13.7. The maximum absolute atomic E-state index is 9.11. The van der Waals surface area contributed by atoms with E-state index in [0.717, 1.165) is 44.3 Å². The molecule has 5 nitrogen and oxygen atoms in total. The Morgan fingerprint density at radius 3 is 2.02 bits per heavy atom. The van der Waals surface area contributed by atoms with Gasteiger partial charge in [0, 0.05) is 44.3 Å². The Labute approximate surface area is 401 Å². The third-order valence-electron chi connectivity index (χ3n) is 11.2. The molecule has 11 aromatic rings. The number of imidazole rings is 1. The number of pyridine rings is 1. The van der Waals surface area contributed by atoms with Crippen molar-refractivity contribution in [2.24, 2.45) is 0 Å². The minimum absolute atomic E-state index is 0. The Hall–Kier alpha value is -7.33. The van der Waals surface area contributed by atoms with E-state index in [-0.39, 0.29) is 54.4 Å². The number of para-hydroxylation sites is 2. The van der Waals surface area contributed by atoms with E-state index in [2.05, 4.69) is 62.0 Å². The minimum atomic E-state index is -0.577. The van der Waals surface area contributed by atoms with Crippen molar-refractivity contribution in [2.75, 3.05) is 0 Å². The second kappa shape index (κ2) is 16.7. The SMILES string of the molecule is [2H]c1c([2H])c([2H])c(-c2cccc(-c3c([2H])c([2H])c([2H])c([2H])c3[2H])c2-[n+]2[c-]n(-c3[c-]c(Oc4[c-]c5c(cc4)c4ccccc4n5-c4cc(C(C)(C)C)ccn4)ccc3)c3cc(-c4ccccc4)ccc32)c([2H])c1[2H].[Pt]. The van der Waals surface area contributed by atoms with E-state index in [1.165, 1.54) is 0 Å². The van der Waals surface area contributed by atoms with Crippen LogP contribution in [0.4, 0.5) is 0 Å². The molecule has 0 bridgehead atoms. The average Bonchev–Trinajstić information content (AvgIpc) is 3.94. The van der Waals surface area contributed by atoms with E-state index in [1.807, 2.05) is 97.2 Å². The zero-order valence-electron chi connectivity index (χ0n) is 44.8. The van der Waals surface area contributed by atoms with Gasteiger partial charge in [0.05, 0.1) is 30.4 Å². The summed E-state index contributed by atoms with van der Waals surface area (Å²) in [6.07, 6.45) is 5.30. The van der Waals surface area contributed by atoms with E-state index in [9.17, 15) is 0 Å². The maximum atomic E-state index is 9.11. The van der Waals surface area contributed by atoms with Crippen molar-refractivity contribution in [2.45, 2.75) is 26.2 Å². The molecule has 0 atom stereocenters. The Balaban J connectivity index is 0.00000626. The van der Waals surface area contributed by atoms with Crippen LogP contribution in [-0.4, -0.2) is 14.1 Å². The number of ether oxygens (including phenoxy) is 1. The molecule has 0 amide bonds. The number of fused-ring (bicyclic) bond motifs is 4. The van der Waals surface area contributed by atoms with Crippen LogP contribution < -0.4 is 9.30 Å². The van der Waals surface area contributed by atoms with Gasteiger partial charge < -0.3 is 13.9 Å². The van der Waals surface area contributed by atoms with Crippen molar-refractivity contribution in [1.82, 2.24) is 14.1 Å². The molecule has 0 N–H and O–H groups in total. The quantitative estimate of drug-likeness (QED) is 0.112. The summed E-state index contributed by atoms with van der Waals surface area (Å²) >= 11 is 0. The monoisotopic (exact) mass is 1020 g/mol. The van der Waals surface area contributed by atoms with Crippen LogP contribution in [0.3, 0.4) is 0 Å². The van der Waals surface area contributed by atoms with Gasteiger partial charge in [-0.1, -0.05) is 166 Å². The van der Waals surface area contributed by atoms with Crippen molar-refractivity contribution in [3.05, 3.63) is 224 Å². The number of hydrogen-bond acceptors (Lipinski definition) is 2. The largest absolute Gasteiger partial charge is 0.510 e. The molecular formula is C58H42N4OPt-2. The average molecular weight is 1020 g/mol. The van der Waals surface area contributed by atoms with Crippen molar-refractivity contribution in [1.29, 1.82) is 0 Å². The Morgan fingerprint density at radius 1 is 0.594 bits per heavy atom. The number of nitrogens with zero attached hydrogens (tertiary/aromatic N) is 4.